The van der Waals surface area contributed by atoms with Gasteiger partial charge in [-0.2, -0.15) is 9.65 Å². The van der Waals surface area contributed by atoms with Crippen LogP contribution in [-0.2, 0) is 0 Å². The van der Waals surface area contributed by atoms with Crippen molar-refractivity contribution in [2.75, 3.05) is 0 Å². The van der Waals surface area contributed by atoms with Gasteiger partial charge in [0.2, 0.25) is 5.95 Å². The Hall–Kier alpha value is -1.47. The molecule has 0 saturated heterocycles. The van der Waals surface area contributed by atoms with E-state index < -0.39 is 5.95 Å². The van der Waals surface area contributed by atoms with E-state index in [4.69, 9.17) is 11.0 Å². The van der Waals surface area contributed by atoms with Gasteiger partial charge in [-0.25, -0.2) is 4.98 Å². The van der Waals surface area contributed by atoms with Crippen LogP contribution in [0.25, 0.3) is 0 Å². The van der Waals surface area contributed by atoms with E-state index in [2.05, 4.69) is 4.98 Å². The van der Waals surface area contributed by atoms with Crippen molar-refractivity contribution in [1.82, 2.24) is 4.98 Å². The number of rotatable bonds is 2. The lowest BCUT2D eigenvalue weighted by Gasteiger charge is -2.09. The average molecular weight is 179 g/mol. The van der Waals surface area contributed by atoms with Crippen LogP contribution in [0, 0.1) is 24.2 Å². The molecular weight excluding hydrogens is 169 g/mol. The molecule has 0 spiro atoms. The van der Waals surface area contributed by atoms with Gasteiger partial charge < -0.3 is 5.73 Å². The van der Waals surface area contributed by atoms with E-state index in [1.54, 1.807) is 6.92 Å². The molecule has 0 aliphatic rings. The smallest absolute Gasteiger partial charge is 0.213 e. The molecule has 1 aromatic rings. The summed E-state index contributed by atoms with van der Waals surface area (Å²) in [6.45, 7) is 1.75. The summed E-state index contributed by atoms with van der Waals surface area (Å²) in [6, 6.07) is 2.90. The molecule has 0 aliphatic heterocycles. The molecule has 3 nitrogen and oxygen atoms in total. The standard InChI is InChI=1S/C9H10FN3/c1-6-4-9(10)13-5-7(6)8(12)2-3-11/h4-5,8H,2,12H2,1H3. The van der Waals surface area contributed by atoms with Crippen molar-refractivity contribution in [2.24, 2.45) is 5.73 Å². The Morgan fingerprint density at radius 3 is 3.00 bits per heavy atom. The van der Waals surface area contributed by atoms with Crippen LogP contribution < -0.4 is 5.73 Å². The summed E-state index contributed by atoms with van der Waals surface area (Å²) in [5, 5.41) is 8.42. The quantitative estimate of drug-likeness (QED) is 0.699. The monoisotopic (exact) mass is 179 g/mol. The van der Waals surface area contributed by atoms with Gasteiger partial charge in [-0.05, 0) is 24.1 Å². The highest BCUT2D eigenvalue weighted by Crippen LogP contribution is 2.17. The second-order valence-electron chi connectivity index (χ2n) is 2.83. The van der Waals surface area contributed by atoms with Crippen LogP contribution >= 0.6 is 0 Å². The Kier molecular flexibility index (Phi) is 2.93. The molecule has 0 bridgehead atoms. The molecule has 1 atom stereocenters. The first-order valence-corrected chi connectivity index (χ1v) is 3.89. The van der Waals surface area contributed by atoms with Crippen molar-refractivity contribution in [2.45, 2.75) is 19.4 Å². The summed E-state index contributed by atoms with van der Waals surface area (Å²) in [4.78, 5) is 3.49. The van der Waals surface area contributed by atoms with Gasteiger partial charge in [0.25, 0.3) is 0 Å². The third-order valence-corrected chi connectivity index (χ3v) is 1.83. The van der Waals surface area contributed by atoms with Crippen LogP contribution in [0.5, 0.6) is 0 Å². The van der Waals surface area contributed by atoms with Gasteiger partial charge >= 0.3 is 0 Å². The predicted molar refractivity (Wildman–Crippen MR) is 46.1 cm³/mol. The molecule has 1 unspecified atom stereocenters. The fourth-order valence-electron chi connectivity index (χ4n) is 1.13. The largest absolute Gasteiger partial charge is 0.323 e. The topological polar surface area (TPSA) is 62.7 Å². The van der Waals surface area contributed by atoms with Gasteiger partial charge in [-0.1, -0.05) is 0 Å². The lowest BCUT2D eigenvalue weighted by molar-refractivity contribution is 0.577. The van der Waals surface area contributed by atoms with Crippen LogP contribution in [-0.4, -0.2) is 4.98 Å². The molecule has 0 fully saturated rings. The van der Waals surface area contributed by atoms with Crippen molar-refractivity contribution in [3.05, 3.63) is 29.3 Å². The number of aryl methyl sites for hydroxylation is 1. The molecule has 1 heterocycles. The normalized spacial score (nSPS) is 12.2. The fraction of sp³-hybridized carbons (Fsp3) is 0.333. The third-order valence-electron chi connectivity index (χ3n) is 1.83. The summed E-state index contributed by atoms with van der Waals surface area (Å²) in [5.41, 5.74) is 7.13. The maximum atomic E-state index is 12.6. The highest BCUT2D eigenvalue weighted by molar-refractivity contribution is 5.25. The number of aromatic nitrogens is 1. The van der Waals surface area contributed by atoms with E-state index in [1.807, 2.05) is 6.07 Å². The minimum atomic E-state index is -0.523. The first kappa shape index (κ1) is 9.62. The maximum absolute atomic E-state index is 12.6. The Bertz CT molecular complexity index is 343. The Labute approximate surface area is 76.0 Å². The number of nitriles is 1. The molecule has 1 rings (SSSR count). The Morgan fingerprint density at radius 1 is 1.77 bits per heavy atom. The predicted octanol–water partition coefficient (Wildman–Crippen LogP) is 1.44. The number of halogens is 1. The molecule has 68 valence electrons. The molecule has 4 heteroatoms. The van der Waals surface area contributed by atoms with Crippen LogP contribution in [0.2, 0.25) is 0 Å². The van der Waals surface area contributed by atoms with Crippen molar-refractivity contribution < 1.29 is 4.39 Å². The maximum Gasteiger partial charge on any atom is 0.213 e. The second-order valence-corrected chi connectivity index (χ2v) is 2.83. The van der Waals surface area contributed by atoms with Gasteiger partial charge in [0.1, 0.15) is 0 Å². The van der Waals surface area contributed by atoms with E-state index in [1.165, 1.54) is 12.3 Å². The van der Waals surface area contributed by atoms with Crippen LogP contribution in [0.3, 0.4) is 0 Å². The first-order chi connectivity index (χ1) is 6.15. The van der Waals surface area contributed by atoms with Crippen molar-refractivity contribution in [3.63, 3.8) is 0 Å². The highest BCUT2D eigenvalue weighted by atomic mass is 19.1. The number of nitrogens with two attached hydrogens (primary N) is 1. The second kappa shape index (κ2) is 3.97. The van der Waals surface area contributed by atoms with Crippen molar-refractivity contribution in [1.29, 1.82) is 5.26 Å². The van der Waals surface area contributed by atoms with E-state index in [9.17, 15) is 4.39 Å². The summed E-state index contributed by atoms with van der Waals surface area (Å²) >= 11 is 0. The Balaban J connectivity index is 2.96. The molecule has 1 aromatic heterocycles. The van der Waals surface area contributed by atoms with Gasteiger partial charge in [-0.3, -0.25) is 0 Å². The molecular formula is C9H10FN3. The zero-order valence-electron chi connectivity index (χ0n) is 7.29. The lowest BCUT2D eigenvalue weighted by atomic mass is 10.0. The summed E-state index contributed by atoms with van der Waals surface area (Å²) in [7, 11) is 0. The number of nitrogens with zero attached hydrogens (tertiary/aromatic N) is 2. The van der Waals surface area contributed by atoms with E-state index in [0.29, 0.717) is 0 Å². The molecule has 2 N–H and O–H groups in total. The van der Waals surface area contributed by atoms with Gasteiger partial charge in [0, 0.05) is 12.2 Å². The lowest BCUT2D eigenvalue weighted by Crippen LogP contribution is -2.11. The molecule has 0 aliphatic carbocycles. The van der Waals surface area contributed by atoms with Gasteiger partial charge in [0.05, 0.1) is 12.5 Å². The van der Waals surface area contributed by atoms with Crippen molar-refractivity contribution >= 4 is 0 Å². The van der Waals surface area contributed by atoms with Crippen molar-refractivity contribution in [3.8, 4) is 6.07 Å². The zero-order valence-corrected chi connectivity index (χ0v) is 7.29. The van der Waals surface area contributed by atoms with E-state index >= 15 is 0 Å². The van der Waals surface area contributed by atoms with Crippen LogP contribution in [0.4, 0.5) is 4.39 Å². The van der Waals surface area contributed by atoms with E-state index in [0.717, 1.165) is 11.1 Å². The fourth-order valence-corrected chi connectivity index (χ4v) is 1.13. The van der Waals surface area contributed by atoms with Gasteiger partial charge in [-0.15, -0.1) is 0 Å². The van der Waals surface area contributed by atoms with Gasteiger partial charge in [0.15, 0.2) is 0 Å². The molecule has 13 heavy (non-hydrogen) atoms. The summed E-state index contributed by atoms with van der Waals surface area (Å²) < 4.78 is 12.6. The molecule has 0 saturated carbocycles. The first-order valence-electron chi connectivity index (χ1n) is 3.89. The minimum Gasteiger partial charge on any atom is -0.323 e. The third kappa shape index (κ3) is 2.23. The van der Waals surface area contributed by atoms with Crippen LogP contribution in [0.15, 0.2) is 12.3 Å². The highest BCUT2D eigenvalue weighted by Gasteiger charge is 2.09. The van der Waals surface area contributed by atoms with E-state index in [-0.39, 0.29) is 12.5 Å². The summed E-state index contributed by atoms with van der Waals surface area (Å²) in [5.74, 6) is -0.523. The number of hydrogen-bond donors (Lipinski definition) is 1. The number of pyridine rings is 1. The average Bonchev–Trinajstić information content (AvgIpc) is 2.04. The summed E-state index contributed by atoms with van der Waals surface area (Å²) in [6.07, 6.45) is 1.60. The molecule has 0 radical (unpaired) electrons. The molecule has 0 aromatic carbocycles. The molecule has 0 amide bonds. The van der Waals surface area contributed by atoms with Crippen LogP contribution in [0.1, 0.15) is 23.6 Å². The zero-order chi connectivity index (χ0) is 9.84. The number of hydrogen-bond acceptors (Lipinski definition) is 3. The SMILES string of the molecule is Cc1cc(F)ncc1C(N)CC#N. The minimum absolute atomic E-state index is 0.216. The Morgan fingerprint density at radius 2 is 2.46 bits per heavy atom.